The molecule has 0 aromatic carbocycles. The Labute approximate surface area is 77.1 Å². The molecule has 0 aliphatic carbocycles. The zero-order valence-electron chi connectivity index (χ0n) is 5.70. The summed E-state index contributed by atoms with van der Waals surface area (Å²) in [5.74, 6) is 0. The Morgan fingerprint density at radius 2 is 1.25 bits per heavy atom. The molecular weight excluding hydrogens is 324 g/mol. The van der Waals surface area contributed by atoms with Crippen molar-refractivity contribution in [3.8, 4) is 0 Å². The third-order valence-electron chi connectivity index (χ3n) is 0. The standard InChI is InChI=1S/C2H4N.2C2H5.U/c1-2-3;2*1-2;/h2-3H,1H2;2*1H2,2H3;/q3*-1;+3. The summed E-state index contributed by atoms with van der Waals surface area (Å²) < 4.78 is 0. The zero-order valence-corrected chi connectivity index (χ0v) is 9.86. The Balaban J connectivity index is -0.0000000147. The van der Waals surface area contributed by atoms with Crippen LogP contribution in [0.25, 0.3) is 5.73 Å². The molecule has 0 aromatic rings. The van der Waals surface area contributed by atoms with Gasteiger partial charge in [0.2, 0.25) is 0 Å². The Hall–Kier alpha value is 0.592. The van der Waals surface area contributed by atoms with Crippen LogP contribution in [-0.2, 0) is 0 Å². The van der Waals surface area contributed by atoms with Crippen molar-refractivity contribution in [3.05, 3.63) is 32.4 Å². The van der Waals surface area contributed by atoms with Crippen LogP contribution >= 0.6 is 0 Å². The van der Waals surface area contributed by atoms with E-state index < -0.39 is 0 Å². The molecule has 0 aliphatic rings. The van der Waals surface area contributed by atoms with Crippen LogP contribution in [0.4, 0.5) is 0 Å². The van der Waals surface area contributed by atoms with E-state index in [1.165, 1.54) is 0 Å². The fourth-order valence-corrected chi connectivity index (χ4v) is 0. The summed E-state index contributed by atoms with van der Waals surface area (Å²) in [6.45, 7) is 13.0. The third-order valence-corrected chi connectivity index (χ3v) is 0. The fourth-order valence-electron chi connectivity index (χ4n) is 0. The minimum absolute atomic E-state index is 0. The van der Waals surface area contributed by atoms with Crippen molar-refractivity contribution in [2.45, 2.75) is 13.8 Å². The van der Waals surface area contributed by atoms with E-state index in [0.717, 1.165) is 6.20 Å². The second-order valence-electron chi connectivity index (χ2n) is 0.204. The zero-order chi connectivity index (χ0) is 6.71. The smallest absolute Gasteiger partial charge is 0.705 e. The Morgan fingerprint density at radius 1 is 1.25 bits per heavy atom. The van der Waals surface area contributed by atoms with Crippen LogP contribution in [0.2, 0.25) is 0 Å². The summed E-state index contributed by atoms with van der Waals surface area (Å²) in [7, 11) is 0. The molecule has 0 unspecified atom stereocenters. The van der Waals surface area contributed by atoms with E-state index in [2.05, 4.69) is 20.4 Å². The van der Waals surface area contributed by atoms with E-state index in [1.807, 2.05) is 0 Å². The Morgan fingerprint density at radius 3 is 1.25 bits per heavy atom. The van der Waals surface area contributed by atoms with Gasteiger partial charge in [-0.3, -0.25) is 0 Å². The maximum absolute atomic E-state index is 5.97. The van der Waals surface area contributed by atoms with Gasteiger partial charge in [-0.1, -0.05) is 0 Å². The summed E-state index contributed by atoms with van der Waals surface area (Å²) in [5.41, 5.74) is 5.97. The normalized spacial score (nSPS) is 3.00. The van der Waals surface area contributed by atoms with Gasteiger partial charge in [-0.15, -0.1) is 6.58 Å². The molecule has 47 valence electrons. The van der Waals surface area contributed by atoms with Gasteiger partial charge in [-0.2, -0.15) is 20.0 Å². The second-order valence-corrected chi connectivity index (χ2v) is 0.204. The van der Waals surface area contributed by atoms with E-state index in [-0.39, 0.29) is 31.1 Å². The molecule has 0 fully saturated rings. The van der Waals surface area contributed by atoms with Gasteiger partial charge in [0.05, 0.1) is 0 Å². The molecule has 0 bridgehead atoms. The number of nitrogens with one attached hydrogen (secondary N) is 1. The van der Waals surface area contributed by atoms with Gasteiger partial charge < -0.3 is 19.6 Å². The first-order chi connectivity index (χ1) is 3.41. The fraction of sp³-hybridized carbons (Fsp3) is 0.333. The molecule has 8 heavy (non-hydrogen) atoms. The van der Waals surface area contributed by atoms with Crippen molar-refractivity contribution in [1.29, 1.82) is 0 Å². The summed E-state index contributed by atoms with van der Waals surface area (Å²) in [4.78, 5) is 0. The number of rotatable bonds is 0. The van der Waals surface area contributed by atoms with Crippen molar-refractivity contribution >= 4 is 0 Å². The van der Waals surface area contributed by atoms with Gasteiger partial charge in [0.15, 0.2) is 0 Å². The van der Waals surface area contributed by atoms with Crippen molar-refractivity contribution in [3.63, 3.8) is 0 Å². The second kappa shape index (κ2) is 130. The van der Waals surface area contributed by atoms with Crippen molar-refractivity contribution in [1.82, 2.24) is 0 Å². The van der Waals surface area contributed by atoms with Gasteiger partial charge in [-0.25, -0.2) is 0 Å². The van der Waals surface area contributed by atoms with Gasteiger partial charge in [0.25, 0.3) is 0 Å². The van der Waals surface area contributed by atoms with Crippen molar-refractivity contribution in [2.24, 2.45) is 0 Å². The van der Waals surface area contributed by atoms with E-state index in [1.54, 1.807) is 13.8 Å². The predicted molar refractivity (Wildman–Crippen MR) is 36.6 cm³/mol. The van der Waals surface area contributed by atoms with E-state index in [0.29, 0.717) is 0 Å². The molecule has 0 aromatic heterocycles. The maximum Gasteiger partial charge on any atom is 3.00 e. The topological polar surface area (TPSA) is 23.8 Å². The molecule has 1 N–H and O–H groups in total. The maximum atomic E-state index is 5.97. The molecule has 0 amide bonds. The van der Waals surface area contributed by atoms with E-state index >= 15 is 0 Å². The first kappa shape index (κ1) is 23.5. The van der Waals surface area contributed by atoms with Gasteiger partial charge in [-0.05, 0) is 0 Å². The largest absolute Gasteiger partial charge is 3.00 e. The molecule has 0 heterocycles. The van der Waals surface area contributed by atoms with Gasteiger partial charge in [0.1, 0.15) is 0 Å². The SMILES string of the molecule is C=C[NH-].[CH2-]C.[CH2-]C.[U+3]. The predicted octanol–water partition coefficient (Wildman–Crippen LogP) is 2.86. The van der Waals surface area contributed by atoms with Crippen LogP contribution in [0.5, 0.6) is 0 Å². The number of hydrogen-bond acceptors (Lipinski definition) is 0. The molecule has 0 rings (SSSR count). The summed E-state index contributed by atoms with van der Waals surface area (Å²) in [5, 5.41) is 0. The first-order valence-corrected chi connectivity index (χ1v) is 2.11. The number of hydrogen-bond donors (Lipinski definition) is 0. The molecule has 0 atom stereocenters. The first-order valence-electron chi connectivity index (χ1n) is 2.11. The molecule has 0 saturated heterocycles. The Bertz CT molecular complexity index is 16.0. The van der Waals surface area contributed by atoms with E-state index in [9.17, 15) is 0 Å². The molecule has 0 spiro atoms. The van der Waals surface area contributed by atoms with Crippen molar-refractivity contribution in [2.75, 3.05) is 0 Å². The van der Waals surface area contributed by atoms with Crippen LogP contribution in [0, 0.1) is 45.0 Å². The molecular formula is C6H14NU. The van der Waals surface area contributed by atoms with Gasteiger partial charge >= 0.3 is 31.1 Å². The third kappa shape index (κ3) is 588. The average molecular weight is 338 g/mol. The summed E-state index contributed by atoms with van der Waals surface area (Å²) in [6, 6.07) is 0. The summed E-state index contributed by atoms with van der Waals surface area (Å²) in [6.07, 6.45) is 1.00. The van der Waals surface area contributed by atoms with E-state index in [4.69, 9.17) is 5.73 Å². The van der Waals surface area contributed by atoms with Gasteiger partial charge in [0, 0.05) is 0 Å². The molecule has 0 aliphatic heterocycles. The minimum Gasteiger partial charge on any atom is -0.705 e. The molecule has 2 heteroatoms. The monoisotopic (exact) mass is 338 g/mol. The average Bonchev–Trinajstić information content (AvgIpc) is 1.78. The quantitative estimate of drug-likeness (QED) is 0.607. The molecule has 1 nitrogen and oxygen atoms in total. The Kier molecular flexibility index (Phi) is 382. The minimum atomic E-state index is 0. The van der Waals surface area contributed by atoms with Crippen LogP contribution in [0.1, 0.15) is 13.8 Å². The van der Waals surface area contributed by atoms with Crippen LogP contribution in [-0.4, -0.2) is 0 Å². The van der Waals surface area contributed by atoms with Crippen LogP contribution in [0.3, 0.4) is 0 Å². The molecule has 0 saturated carbocycles. The molecule has 1 radical (unpaired) electrons. The van der Waals surface area contributed by atoms with Crippen LogP contribution < -0.4 is 0 Å². The summed E-state index contributed by atoms with van der Waals surface area (Å²) >= 11 is 0. The van der Waals surface area contributed by atoms with Crippen LogP contribution in [0.15, 0.2) is 12.8 Å². The van der Waals surface area contributed by atoms with Crippen molar-refractivity contribution < 1.29 is 31.1 Å².